The number of fused-ring (bicyclic) bond motifs is 1. The van der Waals surface area contributed by atoms with Crippen LogP contribution in [0.4, 0.5) is 0 Å². The quantitative estimate of drug-likeness (QED) is 0.693. The van der Waals surface area contributed by atoms with Gasteiger partial charge in [-0.1, -0.05) is 6.07 Å². The topological polar surface area (TPSA) is 57.4 Å². The van der Waals surface area contributed by atoms with Crippen molar-refractivity contribution in [2.75, 3.05) is 0 Å². The fraction of sp³-hybridized carbons (Fsp3) is 0.133. The van der Waals surface area contributed by atoms with Crippen molar-refractivity contribution in [2.45, 2.75) is 13.8 Å². The molecule has 0 saturated heterocycles. The third kappa shape index (κ3) is 1.91. The van der Waals surface area contributed by atoms with E-state index < -0.39 is 0 Å². The van der Waals surface area contributed by atoms with Gasteiger partial charge in [-0.05, 0) is 55.4 Å². The van der Waals surface area contributed by atoms with Gasteiger partial charge >= 0.3 is 0 Å². The number of nitriles is 1. The highest BCUT2D eigenvalue weighted by molar-refractivity contribution is 7.71. The van der Waals surface area contributed by atoms with Crippen LogP contribution in [0.3, 0.4) is 0 Å². The number of H-pyrrole nitrogens is 1. The third-order valence-corrected chi connectivity index (χ3v) is 3.52. The van der Waals surface area contributed by atoms with E-state index >= 15 is 0 Å². The van der Waals surface area contributed by atoms with E-state index in [1.807, 2.05) is 42.8 Å². The van der Waals surface area contributed by atoms with E-state index in [4.69, 9.17) is 17.5 Å². The van der Waals surface area contributed by atoms with Gasteiger partial charge in [0.1, 0.15) is 0 Å². The first-order chi connectivity index (χ1) is 9.60. The van der Waals surface area contributed by atoms with Crippen LogP contribution in [0, 0.1) is 29.9 Å². The lowest BCUT2D eigenvalue weighted by Gasteiger charge is -2.08. The Bertz CT molecular complexity index is 912. The predicted molar refractivity (Wildman–Crippen MR) is 80.4 cm³/mol. The number of hydrogen-bond donors (Lipinski definition) is 1. The average molecular weight is 280 g/mol. The van der Waals surface area contributed by atoms with Gasteiger partial charge in [-0.3, -0.25) is 4.57 Å². The van der Waals surface area contributed by atoms with Crippen molar-refractivity contribution in [1.82, 2.24) is 14.5 Å². The molecule has 5 heteroatoms. The van der Waals surface area contributed by atoms with Crippen molar-refractivity contribution in [3.8, 4) is 11.8 Å². The Morgan fingerprint density at radius 1 is 1.30 bits per heavy atom. The van der Waals surface area contributed by atoms with Crippen LogP contribution in [0.15, 0.2) is 30.5 Å². The molecule has 0 radical (unpaired) electrons. The Kier molecular flexibility index (Phi) is 2.88. The molecule has 0 aliphatic rings. The standard InChI is InChI=1S/C15H12N4S/c1-9-5-12-14(17-8-9)19(15(20)18-12)13-6-11(7-16)4-3-10(13)2/h3-6,8H,1-2H3,(H,18,20). The first-order valence-corrected chi connectivity index (χ1v) is 6.59. The van der Waals surface area contributed by atoms with Gasteiger partial charge in [-0.2, -0.15) is 5.26 Å². The molecule has 0 amide bonds. The smallest absolute Gasteiger partial charge is 0.184 e. The van der Waals surface area contributed by atoms with Crippen LogP contribution in [-0.4, -0.2) is 14.5 Å². The number of imidazole rings is 1. The Labute approximate surface area is 121 Å². The molecule has 0 aliphatic heterocycles. The molecule has 98 valence electrons. The van der Waals surface area contributed by atoms with E-state index in [-0.39, 0.29) is 0 Å². The van der Waals surface area contributed by atoms with Crippen molar-refractivity contribution >= 4 is 23.4 Å². The van der Waals surface area contributed by atoms with Crippen LogP contribution in [0.5, 0.6) is 0 Å². The van der Waals surface area contributed by atoms with E-state index in [2.05, 4.69) is 16.0 Å². The highest BCUT2D eigenvalue weighted by atomic mass is 32.1. The Hall–Kier alpha value is -2.45. The minimum absolute atomic E-state index is 0.580. The predicted octanol–water partition coefficient (Wildman–Crippen LogP) is 3.57. The van der Waals surface area contributed by atoms with Crippen molar-refractivity contribution < 1.29 is 0 Å². The molecule has 0 spiro atoms. The lowest BCUT2D eigenvalue weighted by atomic mass is 10.1. The van der Waals surface area contributed by atoms with Gasteiger partial charge in [0.25, 0.3) is 0 Å². The van der Waals surface area contributed by atoms with Gasteiger partial charge in [0, 0.05) is 6.20 Å². The summed E-state index contributed by atoms with van der Waals surface area (Å²) in [5, 5.41) is 9.06. The van der Waals surface area contributed by atoms with Gasteiger partial charge in [0.15, 0.2) is 10.4 Å². The average Bonchev–Trinajstić information content (AvgIpc) is 2.74. The SMILES string of the molecule is Cc1cnc2c(c1)[nH]c(=S)n2-c1cc(C#N)ccc1C. The fourth-order valence-corrected chi connectivity index (χ4v) is 2.54. The van der Waals surface area contributed by atoms with E-state index in [9.17, 15) is 0 Å². The fourth-order valence-electron chi connectivity index (χ4n) is 2.24. The number of benzene rings is 1. The molecule has 0 unspecified atom stereocenters. The second-order valence-electron chi connectivity index (χ2n) is 4.76. The molecule has 4 nitrogen and oxygen atoms in total. The highest BCUT2D eigenvalue weighted by Gasteiger charge is 2.10. The monoisotopic (exact) mass is 280 g/mol. The van der Waals surface area contributed by atoms with Crippen molar-refractivity contribution in [3.63, 3.8) is 0 Å². The molecule has 1 N–H and O–H groups in total. The van der Waals surface area contributed by atoms with Crippen molar-refractivity contribution in [2.24, 2.45) is 0 Å². The van der Waals surface area contributed by atoms with Crippen LogP contribution in [0.25, 0.3) is 16.9 Å². The van der Waals surface area contributed by atoms with Crippen LogP contribution in [0.1, 0.15) is 16.7 Å². The molecular weight excluding hydrogens is 268 g/mol. The van der Waals surface area contributed by atoms with E-state index in [0.717, 1.165) is 28.0 Å². The molecule has 0 atom stereocenters. The van der Waals surface area contributed by atoms with Crippen LogP contribution in [-0.2, 0) is 0 Å². The second kappa shape index (κ2) is 4.58. The molecule has 3 rings (SSSR count). The molecule has 2 aromatic heterocycles. The molecule has 3 aromatic rings. The lowest BCUT2D eigenvalue weighted by molar-refractivity contribution is 1.03. The largest absolute Gasteiger partial charge is 0.329 e. The van der Waals surface area contributed by atoms with E-state index in [1.165, 1.54) is 0 Å². The molecule has 20 heavy (non-hydrogen) atoms. The Morgan fingerprint density at radius 2 is 2.10 bits per heavy atom. The maximum Gasteiger partial charge on any atom is 0.184 e. The Morgan fingerprint density at radius 3 is 2.85 bits per heavy atom. The molecule has 0 bridgehead atoms. The van der Waals surface area contributed by atoms with Crippen LogP contribution < -0.4 is 0 Å². The number of hydrogen-bond acceptors (Lipinski definition) is 3. The molecular formula is C15H12N4S. The summed E-state index contributed by atoms with van der Waals surface area (Å²) in [7, 11) is 0. The number of rotatable bonds is 1. The van der Waals surface area contributed by atoms with E-state index in [1.54, 1.807) is 6.07 Å². The summed E-state index contributed by atoms with van der Waals surface area (Å²) >= 11 is 5.40. The second-order valence-corrected chi connectivity index (χ2v) is 5.15. The maximum atomic E-state index is 9.06. The number of nitrogens with zero attached hydrogens (tertiary/aromatic N) is 3. The van der Waals surface area contributed by atoms with Crippen molar-refractivity contribution in [3.05, 3.63) is 51.9 Å². The highest BCUT2D eigenvalue weighted by Crippen LogP contribution is 2.22. The summed E-state index contributed by atoms with van der Waals surface area (Å²) in [5.74, 6) is 0. The van der Waals surface area contributed by atoms with Gasteiger partial charge in [0.05, 0.1) is 22.8 Å². The minimum Gasteiger partial charge on any atom is -0.329 e. The van der Waals surface area contributed by atoms with Gasteiger partial charge in [-0.15, -0.1) is 0 Å². The first-order valence-electron chi connectivity index (χ1n) is 6.18. The molecule has 2 heterocycles. The zero-order chi connectivity index (χ0) is 14.3. The van der Waals surface area contributed by atoms with Crippen LogP contribution >= 0.6 is 12.2 Å². The number of nitrogens with one attached hydrogen (secondary N) is 1. The molecule has 0 aliphatic carbocycles. The summed E-state index contributed by atoms with van der Waals surface area (Å²) in [5.41, 5.74) is 5.29. The maximum absolute atomic E-state index is 9.06. The zero-order valence-corrected chi connectivity index (χ0v) is 12.0. The number of aryl methyl sites for hydroxylation is 2. The minimum atomic E-state index is 0.580. The van der Waals surface area contributed by atoms with Gasteiger partial charge in [-0.25, -0.2) is 4.98 Å². The van der Waals surface area contributed by atoms with Crippen molar-refractivity contribution in [1.29, 1.82) is 5.26 Å². The molecule has 1 aromatic carbocycles. The number of pyridine rings is 1. The summed E-state index contributed by atoms with van der Waals surface area (Å²) in [6, 6.07) is 9.72. The molecule has 0 saturated carbocycles. The van der Waals surface area contributed by atoms with Gasteiger partial charge in [0.2, 0.25) is 0 Å². The summed E-state index contributed by atoms with van der Waals surface area (Å²) in [6.45, 7) is 3.98. The number of aromatic amines is 1. The zero-order valence-electron chi connectivity index (χ0n) is 11.1. The normalized spacial score (nSPS) is 10.7. The summed E-state index contributed by atoms with van der Waals surface area (Å²) in [4.78, 5) is 7.62. The Balaban J connectivity index is 2.38. The summed E-state index contributed by atoms with van der Waals surface area (Å²) in [6.07, 6.45) is 1.81. The van der Waals surface area contributed by atoms with Gasteiger partial charge < -0.3 is 4.98 Å². The molecule has 0 fully saturated rings. The van der Waals surface area contributed by atoms with E-state index in [0.29, 0.717) is 10.3 Å². The first kappa shape index (κ1) is 12.6. The third-order valence-electron chi connectivity index (χ3n) is 3.24. The number of aromatic nitrogens is 3. The summed E-state index contributed by atoms with van der Waals surface area (Å²) < 4.78 is 2.46. The van der Waals surface area contributed by atoms with Crippen LogP contribution in [0.2, 0.25) is 0 Å². The lowest BCUT2D eigenvalue weighted by Crippen LogP contribution is -1.99.